The third-order valence-corrected chi connectivity index (χ3v) is 7.53. The number of carbonyl (C=O) groups excluding carboxylic acids is 2. The van der Waals surface area contributed by atoms with E-state index in [1.54, 1.807) is 37.3 Å². The molecule has 0 heterocycles. The van der Waals surface area contributed by atoms with Crippen molar-refractivity contribution in [3.05, 3.63) is 58.9 Å². The number of nitrogens with one attached hydrogen (secondary N) is 1. The van der Waals surface area contributed by atoms with Crippen LogP contribution < -0.4 is 14.4 Å². The molecule has 2 atom stereocenters. The van der Waals surface area contributed by atoms with Gasteiger partial charge in [-0.25, -0.2) is 12.8 Å². The van der Waals surface area contributed by atoms with Crippen molar-refractivity contribution < 1.29 is 27.1 Å². The molecule has 0 saturated heterocycles. The Labute approximate surface area is 223 Å². The zero-order valence-corrected chi connectivity index (χ0v) is 23.4. The zero-order chi connectivity index (χ0) is 27.8. The van der Waals surface area contributed by atoms with Gasteiger partial charge in [-0.1, -0.05) is 36.7 Å². The fourth-order valence-electron chi connectivity index (χ4n) is 3.67. The lowest BCUT2D eigenvalue weighted by molar-refractivity contribution is -0.141. The third-order valence-electron chi connectivity index (χ3n) is 6.04. The lowest BCUT2D eigenvalue weighted by Gasteiger charge is -2.30. The number of halogens is 2. The summed E-state index contributed by atoms with van der Waals surface area (Å²) in [4.78, 5) is 27.4. The van der Waals surface area contributed by atoms with Crippen LogP contribution in [-0.4, -0.2) is 57.1 Å². The van der Waals surface area contributed by atoms with Gasteiger partial charge < -0.3 is 15.0 Å². The summed E-state index contributed by atoms with van der Waals surface area (Å²) >= 11 is 6.17. The van der Waals surface area contributed by atoms with Gasteiger partial charge in [-0.15, -0.1) is 0 Å². The summed E-state index contributed by atoms with van der Waals surface area (Å²) in [7, 11) is -2.22. The maximum absolute atomic E-state index is 14.4. The van der Waals surface area contributed by atoms with E-state index in [4.69, 9.17) is 16.3 Å². The van der Waals surface area contributed by atoms with Crippen LogP contribution >= 0.6 is 11.6 Å². The highest BCUT2D eigenvalue weighted by atomic mass is 35.5. The van der Waals surface area contributed by atoms with Crippen molar-refractivity contribution >= 4 is 39.1 Å². The second kappa shape index (κ2) is 13.6. The number of nitrogens with zero attached hydrogens (tertiary/aromatic N) is 2. The molecule has 8 nitrogen and oxygen atoms in total. The van der Waals surface area contributed by atoms with Gasteiger partial charge in [-0.3, -0.25) is 13.9 Å². The average molecular weight is 556 g/mol. The number of sulfonamides is 1. The normalized spacial score (nSPS) is 12.9. The minimum Gasteiger partial charge on any atom is -0.495 e. The molecule has 2 aromatic carbocycles. The fourth-order valence-corrected chi connectivity index (χ4v) is 4.88. The number of hydrogen-bond donors (Lipinski definition) is 1. The Morgan fingerprint density at radius 3 is 2.41 bits per heavy atom. The van der Waals surface area contributed by atoms with Gasteiger partial charge in [-0.05, 0) is 51.0 Å². The minimum atomic E-state index is -3.68. The molecule has 0 bridgehead atoms. The molecule has 1 N–H and O–H groups in total. The van der Waals surface area contributed by atoms with E-state index in [9.17, 15) is 22.4 Å². The third kappa shape index (κ3) is 8.60. The van der Waals surface area contributed by atoms with Crippen LogP contribution in [0.4, 0.5) is 10.1 Å². The van der Waals surface area contributed by atoms with E-state index in [0.717, 1.165) is 17.0 Å². The highest BCUT2D eigenvalue weighted by molar-refractivity contribution is 7.92. The van der Waals surface area contributed by atoms with Gasteiger partial charge in [0.25, 0.3) is 0 Å². The average Bonchev–Trinajstić information content (AvgIpc) is 2.84. The molecule has 0 spiro atoms. The zero-order valence-electron chi connectivity index (χ0n) is 21.8. The first-order chi connectivity index (χ1) is 17.4. The highest BCUT2D eigenvalue weighted by Crippen LogP contribution is 2.30. The molecule has 2 aromatic rings. The summed E-state index contributed by atoms with van der Waals surface area (Å²) in [5, 5.41) is 3.11. The lowest BCUT2D eigenvalue weighted by Crippen LogP contribution is -2.49. The Balaban J connectivity index is 2.21. The highest BCUT2D eigenvalue weighted by Gasteiger charge is 2.28. The van der Waals surface area contributed by atoms with Crippen molar-refractivity contribution in [2.24, 2.45) is 0 Å². The molecule has 0 aliphatic carbocycles. The number of rotatable bonds is 13. The first-order valence-electron chi connectivity index (χ1n) is 12.0. The van der Waals surface area contributed by atoms with Gasteiger partial charge in [0.05, 0.1) is 24.1 Å². The van der Waals surface area contributed by atoms with Crippen LogP contribution in [0.3, 0.4) is 0 Å². The molecule has 0 aromatic heterocycles. The summed E-state index contributed by atoms with van der Waals surface area (Å²) in [6.45, 7) is 5.30. The van der Waals surface area contributed by atoms with Crippen LogP contribution in [0.5, 0.6) is 5.75 Å². The van der Waals surface area contributed by atoms with Gasteiger partial charge in [0.1, 0.15) is 17.6 Å². The van der Waals surface area contributed by atoms with Crippen molar-refractivity contribution in [1.82, 2.24) is 10.2 Å². The summed E-state index contributed by atoms with van der Waals surface area (Å²) in [6.07, 6.45) is 1.91. The number of anilines is 1. The van der Waals surface area contributed by atoms with Gasteiger partial charge in [0.15, 0.2) is 0 Å². The Bertz CT molecular complexity index is 1190. The van der Waals surface area contributed by atoms with Crippen molar-refractivity contribution in [3.8, 4) is 5.75 Å². The molecular formula is C26H35ClFN3O5S. The number of amides is 2. The molecule has 0 fully saturated rings. The molecule has 2 amide bonds. The standard InChI is InChI=1S/C26H35ClFN3O5S/c1-6-18(2)29-26(33)19(3)30(17-20-10-7-8-11-23(20)28)25(32)12-9-15-31(37(5,34)35)21-13-14-24(36-4)22(27)16-21/h7-8,10-11,13-14,16,18-19H,6,9,12,15,17H2,1-5H3,(H,29,33)/t18-,19+/m0/s1. The van der Waals surface area contributed by atoms with E-state index in [0.29, 0.717) is 11.4 Å². The summed E-state index contributed by atoms with van der Waals surface area (Å²) < 4.78 is 45.6. The fraction of sp³-hybridized carbons (Fsp3) is 0.462. The maximum Gasteiger partial charge on any atom is 0.242 e. The van der Waals surface area contributed by atoms with Crippen LogP contribution in [0, 0.1) is 5.82 Å². The molecule has 2 rings (SSSR count). The van der Waals surface area contributed by atoms with E-state index in [2.05, 4.69) is 5.32 Å². The van der Waals surface area contributed by atoms with E-state index in [1.807, 2.05) is 13.8 Å². The number of benzene rings is 2. The molecular weight excluding hydrogens is 521 g/mol. The lowest BCUT2D eigenvalue weighted by atomic mass is 10.1. The minimum absolute atomic E-state index is 0.00815. The number of methoxy groups -OCH3 is 1. The van der Waals surface area contributed by atoms with Crippen LogP contribution in [-0.2, 0) is 26.2 Å². The van der Waals surface area contributed by atoms with Gasteiger partial charge in [-0.2, -0.15) is 0 Å². The second-order valence-electron chi connectivity index (χ2n) is 8.86. The van der Waals surface area contributed by atoms with Crippen molar-refractivity contribution in [2.75, 3.05) is 24.2 Å². The topological polar surface area (TPSA) is 96.0 Å². The summed E-state index contributed by atoms with van der Waals surface area (Å²) in [5.41, 5.74) is 0.620. The van der Waals surface area contributed by atoms with Gasteiger partial charge in [0.2, 0.25) is 21.8 Å². The monoisotopic (exact) mass is 555 g/mol. The largest absolute Gasteiger partial charge is 0.495 e. The van der Waals surface area contributed by atoms with E-state index in [1.165, 1.54) is 24.1 Å². The Morgan fingerprint density at radius 1 is 1.16 bits per heavy atom. The predicted octanol–water partition coefficient (Wildman–Crippen LogP) is 4.37. The Kier molecular flexibility index (Phi) is 11.2. The molecule has 0 aliphatic heterocycles. The molecule has 0 aliphatic rings. The van der Waals surface area contributed by atoms with E-state index < -0.39 is 27.8 Å². The molecule has 204 valence electrons. The predicted molar refractivity (Wildman–Crippen MR) is 144 cm³/mol. The first kappa shape index (κ1) is 30.4. The molecule has 11 heteroatoms. The summed E-state index contributed by atoms with van der Waals surface area (Å²) in [5.74, 6) is -0.807. The smallest absolute Gasteiger partial charge is 0.242 e. The van der Waals surface area contributed by atoms with E-state index >= 15 is 0 Å². The molecule has 0 unspecified atom stereocenters. The number of carbonyl (C=O) groups is 2. The van der Waals surface area contributed by atoms with Gasteiger partial charge >= 0.3 is 0 Å². The van der Waals surface area contributed by atoms with E-state index in [-0.39, 0.29) is 48.5 Å². The SMILES string of the molecule is CC[C@H](C)NC(=O)[C@@H](C)N(Cc1ccccc1F)C(=O)CCCN(c1ccc(OC)c(Cl)c1)S(C)(=O)=O. The van der Waals surface area contributed by atoms with Crippen LogP contribution in [0.2, 0.25) is 5.02 Å². The molecule has 0 saturated carbocycles. The summed E-state index contributed by atoms with van der Waals surface area (Å²) in [6, 6.07) is 9.75. The van der Waals surface area contributed by atoms with Crippen molar-refractivity contribution in [3.63, 3.8) is 0 Å². The van der Waals surface area contributed by atoms with Crippen LogP contribution in [0.15, 0.2) is 42.5 Å². The van der Waals surface area contributed by atoms with Crippen LogP contribution in [0.25, 0.3) is 0 Å². The maximum atomic E-state index is 14.4. The van der Waals surface area contributed by atoms with Crippen LogP contribution in [0.1, 0.15) is 45.6 Å². The van der Waals surface area contributed by atoms with Crippen molar-refractivity contribution in [1.29, 1.82) is 0 Å². The second-order valence-corrected chi connectivity index (χ2v) is 11.2. The van der Waals surface area contributed by atoms with Crippen molar-refractivity contribution in [2.45, 2.75) is 58.7 Å². The first-order valence-corrected chi connectivity index (χ1v) is 14.3. The Hall–Kier alpha value is -2.85. The Morgan fingerprint density at radius 2 is 1.84 bits per heavy atom. The number of ether oxygens (including phenoxy) is 1. The molecule has 0 radical (unpaired) electrons. The molecule has 37 heavy (non-hydrogen) atoms. The van der Waals surface area contributed by atoms with Gasteiger partial charge in [0, 0.05) is 31.1 Å². The number of hydrogen-bond acceptors (Lipinski definition) is 5. The quantitative estimate of drug-likeness (QED) is 0.396.